The van der Waals surface area contributed by atoms with E-state index in [-0.39, 0.29) is 0 Å². The van der Waals surface area contributed by atoms with Gasteiger partial charge in [0.25, 0.3) is 0 Å². The van der Waals surface area contributed by atoms with Crippen LogP contribution < -0.4 is 0 Å². The van der Waals surface area contributed by atoms with Crippen LogP contribution >= 0.6 is 0 Å². The first-order chi connectivity index (χ1) is 10.6. The van der Waals surface area contributed by atoms with Gasteiger partial charge in [-0.15, -0.1) is 0 Å². The van der Waals surface area contributed by atoms with Crippen molar-refractivity contribution >= 4 is 7.12 Å². The van der Waals surface area contributed by atoms with E-state index in [0.717, 1.165) is 6.82 Å². The van der Waals surface area contributed by atoms with Crippen LogP contribution in [0.25, 0.3) is 0 Å². The minimum atomic E-state index is -5.77. The van der Waals surface area contributed by atoms with Crippen LogP contribution in [0.1, 0.15) is 0 Å². The molecule has 0 amide bonds. The maximum atomic E-state index is 12.4. The first-order valence-corrected chi connectivity index (χ1v) is 10.7. The molecule has 0 N–H and O–H groups in total. The molecule has 0 aromatic heterocycles. The first-order valence-electron chi connectivity index (χ1n) is 5.88. The second-order valence-electron chi connectivity index (χ2n) is 4.24. The predicted octanol–water partition coefficient (Wildman–Crippen LogP) is 3.39. The molecule has 0 aliphatic rings. The van der Waals surface area contributed by atoms with Gasteiger partial charge in [-0.3, -0.25) is 0 Å². The second kappa shape index (κ2) is 9.41. The Hall–Kier alpha value is 0.452. The molecule has 0 fully saturated rings. The average molecular weight is 487 g/mol. The Kier molecular flexibility index (Phi) is 9.58. The number of hydrogen-bond donors (Lipinski definition) is 0. The first kappa shape index (κ1) is 24.5. The van der Waals surface area contributed by atoms with Gasteiger partial charge in [-0.2, -0.15) is 0 Å². The monoisotopic (exact) mass is 484 g/mol. The zero-order valence-corrected chi connectivity index (χ0v) is 17.8. The number of hydrogen-bond acceptors (Lipinski definition) is 4. The SMILES string of the molecule is CB([O][Zn][O]CC(F)(F)C(F)(F)F)[O][Zn][O]CC(F)(F)C(F)(F)F. The van der Waals surface area contributed by atoms with Crippen LogP contribution in [0.4, 0.5) is 43.9 Å². The molecule has 0 unspecified atom stereocenters. The summed E-state index contributed by atoms with van der Waals surface area (Å²) in [4.78, 5) is 0. The molecule has 0 radical (unpaired) electrons. The van der Waals surface area contributed by atoms with Gasteiger partial charge in [0, 0.05) is 0 Å². The molecule has 0 aliphatic carbocycles. The van der Waals surface area contributed by atoms with Crippen LogP contribution in [0.2, 0.25) is 6.82 Å². The molecule has 0 bridgehead atoms. The summed E-state index contributed by atoms with van der Waals surface area (Å²) in [6.45, 7) is -2.73. The number of halogens is 10. The molecular formula is C7H7BF10O4Zn2. The zero-order valence-electron chi connectivity index (χ0n) is 11.8. The summed E-state index contributed by atoms with van der Waals surface area (Å²) >= 11 is -5.52. The van der Waals surface area contributed by atoms with E-state index >= 15 is 0 Å². The van der Waals surface area contributed by atoms with Crippen LogP contribution in [-0.2, 0) is 49.8 Å². The third kappa shape index (κ3) is 8.70. The van der Waals surface area contributed by atoms with Crippen molar-refractivity contribution in [3.05, 3.63) is 0 Å². The van der Waals surface area contributed by atoms with Crippen molar-refractivity contribution in [1.29, 1.82) is 0 Å². The summed E-state index contributed by atoms with van der Waals surface area (Å²) in [5.41, 5.74) is 0. The Balaban J connectivity index is 3.88. The second-order valence-corrected chi connectivity index (χ2v) is 8.34. The quantitative estimate of drug-likeness (QED) is 0.270. The number of alkyl halides is 10. The molecule has 0 saturated heterocycles. The van der Waals surface area contributed by atoms with Gasteiger partial charge >= 0.3 is 145 Å². The third-order valence-electron chi connectivity index (χ3n) is 2.17. The van der Waals surface area contributed by atoms with Gasteiger partial charge in [0.15, 0.2) is 0 Å². The van der Waals surface area contributed by atoms with Crippen molar-refractivity contribution in [2.24, 2.45) is 0 Å². The molecule has 0 saturated carbocycles. The minimum absolute atomic E-state index is 1.13. The van der Waals surface area contributed by atoms with Crippen molar-refractivity contribution in [3.63, 3.8) is 0 Å². The van der Waals surface area contributed by atoms with E-state index in [1.165, 1.54) is 0 Å². The molecule has 0 aliphatic heterocycles. The van der Waals surface area contributed by atoms with Crippen LogP contribution in [0.3, 0.4) is 0 Å². The summed E-state index contributed by atoms with van der Waals surface area (Å²) in [7, 11) is -1.23. The Morgan fingerprint density at radius 2 is 0.958 bits per heavy atom. The van der Waals surface area contributed by atoms with E-state index in [0.29, 0.717) is 0 Å². The van der Waals surface area contributed by atoms with Crippen molar-refractivity contribution in [2.45, 2.75) is 31.0 Å². The van der Waals surface area contributed by atoms with Gasteiger partial charge in [0.1, 0.15) is 0 Å². The van der Waals surface area contributed by atoms with Gasteiger partial charge in [-0.1, -0.05) is 0 Å². The molecule has 0 spiro atoms. The molecule has 24 heavy (non-hydrogen) atoms. The van der Waals surface area contributed by atoms with E-state index in [2.05, 4.69) is 14.1 Å². The fraction of sp³-hybridized carbons (Fsp3) is 1.00. The van der Waals surface area contributed by atoms with Gasteiger partial charge < -0.3 is 0 Å². The summed E-state index contributed by atoms with van der Waals surface area (Å²) < 4.78 is 138. The van der Waals surface area contributed by atoms with Crippen LogP contribution in [0, 0.1) is 0 Å². The standard InChI is InChI=1S/2C3H2F5O.CH3BO2.2Zn/c2*4-2(5,1-9)3(6,7)8;1-2(3)4;;/h2*1H2;1H3;;/q2*-1;-2;2*+2. The molecule has 0 aromatic rings. The molecule has 0 aromatic carbocycles. The summed E-state index contributed by atoms with van der Waals surface area (Å²) in [5, 5.41) is 0. The van der Waals surface area contributed by atoms with Gasteiger partial charge in [0.05, 0.1) is 0 Å². The van der Waals surface area contributed by atoms with Gasteiger partial charge in [-0.25, -0.2) is 0 Å². The van der Waals surface area contributed by atoms with Crippen molar-refractivity contribution in [2.75, 3.05) is 13.2 Å². The van der Waals surface area contributed by atoms with Crippen molar-refractivity contribution in [3.8, 4) is 0 Å². The van der Waals surface area contributed by atoms with Crippen LogP contribution in [-0.4, -0.2) is 44.5 Å². The van der Waals surface area contributed by atoms with E-state index in [4.69, 9.17) is 0 Å². The summed E-state index contributed by atoms with van der Waals surface area (Å²) in [5.74, 6) is -10.1. The average Bonchev–Trinajstić information content (AvgIpc) is 2.37. The molecule has 136 valence electrons. The molecule has 0 heterocycles. The fourth-order valence-electron chi connectivity index (χ4n) is 0.839. The van der Waals surface area contributed by atoms with Gasteiger partial charge in [0.2, 0.25) is 0 Å². The third-order valence-corrected chi connectivity index (χ3v) is 6.26. The Labute approximate surface area is 145 Å². The normalized spacial score (nSPS) is 13.5. The zero-order chi connectivity index (χ0) is 19.2. The molecular weight excluding hydrogens is 480 g/mol. The maximum absolute atomic E-state index is 12.4. The number of rotatable bonds is 10. The fourth-order valence-corrected chi connectivity index (χ4v) is 4.72. The van der Waals surface area contributed by atoms with Crippen LogP contribution in [0.5, 0.6) is 0 Å². The molecule has 0 rings (SSSR count). The van der Waals surface area contributed by atoms with Crippen molar-refractivity contribution < 1.29 is 93.7 Å². The van der Waals surface area contributed by atoms with Crippen molar-refractivity contribution in [1.82, 2.24) is 0 Å². The summed E-state index contributed by atoms with van der Waals surface area (Å²) in [6.07, 6.45) is -11.5. The van der Waals surface area contributed by atoms with E-state index in [1.54, 1.807) is 0 Å². The molecule has 4 nitrogen and oxygen atoms in total. The molecule has 17 heteroatoms. The van der Waals surface area contributed by atoms with E-state index in [9.17, 15) is 43.9 Å². The van der Waals surface area contributed by atoms with Crippen LogP contribution in [0.15, 0.2) is 0 Å². The van der Waals surface area contributed by atoms with Gasteiger partial charge in [-0.05, 0) is 0 Å². The Bertz CT molecular complexity index is 345. The molecule has 0 atom stereocenters. The van der Waals surface area contributed by atoms with E-state index in [1.807, 2.05) is 0 Å². The summed E-state index contributed by atoms with van der Waals surface area (Å²) in [6, 6.07) is 0. The Morgan fingerprint density at radius 1 is 0.667 bits per heavy atom. The van der Waals surface area contributed by atoms with E-state index < -0.39 is 80.2 Å². The Morgan fingerprint density at radius 3 is 1.21 bits per heavy atom. The predicted molar refractivity (Wildman–Crippen MR) is 47.7 cm³/mol. The topological polar surface area (TPSA) is 36.9 Å².